The summed E-state index contributed by atoms with van der Waals surface area (Å²) in [5.74, 6) is 0.806. The molecule has 1 aliphatic rings. The van der Waals surface area contributed by atoms with Crippen LogP contribution in [-0.4, -0.2) is 17.8 Å². The van der Waals surface area contributed by atoms with Gasteiger partial charge in [-0.1, -0.05) is 25.1 Å². The maximum absolute atomic E-state index is 10.4. The van der Waals surface area contributed by atoms with E-state index in [9.17, 15) is 5.11 Å². The van der Waals surface area contributed by atoms with Crippen molar-refractivity contribution in [2.75, 3.05) is 6.61 Å². The lowest BCUT2D eigenvalue weighted by atomic mass is 9.92. The lowest BCUT2D eigenvalue weighted by Gasteiger charge is -2.20. The molecule has 2 heterocycles. The van der Waals surface area contributed by atoms with Gasteiger partial charge in [0.05, 0.1) is 6.10 Å². The zero-order chi connectivity index (χ0) is 12.5. The summed E-state index contributed by atoms with van der Waals surface area (Å²) in [4.78, 5) is 0. The molecule has 0 spiro atoms. The van der Waals surface area contributed by atoms with Gasteiger partial charge in [0, 0.05) is 17.9 Å². The molecule has 3 heteroatoms. The second kappa shape index (κ2) is 4.75. The van der Waals surface area contributed by atoms with Crippen LogP contribution in [-0.2, 0) is 4.74 Å². The lowest BCUT2D eigenvalue weighted by Crippen LogP contribution is -2.21. The molecule has 0 amide bonds. The third-order valence-electron chi connectivity index (χ3n) is 3.80. The van der Waals surface area contributed by atoms with Crippen molar-refractivity contribution in [2.24, 2.45) is 5.92 Å². The maximum Gasteiger partial charge on any atom is 0.134 e. The molecule has 0 saturated carbocycles. The topological polar surface area (TPSA) is 42.6 Å². The Morgan fingerprint density at radius 1 is 1.39 bits per heavy atom. The van der Waals surface area contributed by atoms with E-state index in [-0.39, 0.29) is 12.0 Å². The van der Waals surface area contributed by atoms with E-state index in [0.717, 1.165) is 30.4 Å². The minimum atomic E-state index is -0.565. The van der Waals surface area contributed by atoms with Crippen molar-refractivity contribution >= 4 is 11.0 Å². The predicted molar refractivity (Wildman–Crippen MR) is 69.3 cm³/mol. The molecule has 1 aromatic heterocycles. The highest BCUT2D eigenvalue weighted by molar-refractivity contribution is 5.77. The summed E-state index contributed by atoms with van der Waals surface area (Å²) < 4.78 is 11.4. The van der Waals surface area contributed by atoms with Crippen LogP contribution < -0.4 is 0 Å². The van der Waals surface area contributed by atoms with Gasteiger partial charge in [0.2, 0.25) is 0 Å². The van der Waals surface area contributed by atoms with Gasteiger partial charge in [0.25, 0.3) is 0 Å². The largest absolute Gasteiger partial charge is 0.458 e. The van der Waals surface area contributed by atoms with E-state index in [1.165, 1.54) is 0 Å². The van der Waals surface area contributed by atoms with Gasteiger partial charge in [0.15, 0.2) is 0 Å². The number of hydrogen-bond donors (Lipinski definition) is 1. The summed E-state index contributed by atoms with van der Waals surface area (Å²) in [7, 11) is 0. The lowest BCUT2D eigenvalue weighted by molar-refractivity contribution is 0.0218. The van der Waals surface area contributed by atoms with Crippen LogP contribution in [0.2, 0.25) is 0 Å². The first kappa shape index (κ1) is 11.8. The number of aliphatic hydroxyl groups is 1. The van der Waals surface area contributed by atoms with Crippen molar-refractivity contribution in [1.29, 1.82) is 0 Å². The van der Waals surface area contributed by atoms with Crippen molar-refractivity contribution in [3.05, 3.63) is 36.1 Å². The van der Waals surface area contributed by atoms with Crippen molar-refractivity contribution in [3.63, 3.8) is 0 Å². The third-order valence-corrected chi connectivity index (χ3v) is 3.80. The van der Waals surface area contributed by atoms with Crippen LogP contribution in [0, 0.1) is 5.92 Å². The minimum absolute atomic E-state index is 0.146. The standard InChI is InChI=1S/C15H18O3/c1-2-12-11(7-8-17-12)15(16)14-9-10-5-3-4-6-13(10)18-14/h3-6,9,11-12,15-16H,2,7-8H2,1H3. The van der Waals surface area contributed by atoms with Gasteiger partial charge >= 0.3 is 0 Å². The smallest absolute Gasteiger partial charge is 0.134 e. The Balaban J connectivity index is 1.89. The molecule has 0 aliphatic carbocycles. The molecule has 3 rings (SSSR count). The average Bonchev–Trinajstić information content (AvgIpc) is 3.03. The van der Waals surface area contributed by atoms with Gasteiger partial charge in [-0.05, 0) is 25.0 Å². The number of hydrogen-bond acceptors (Lipinski definition) is 3. The van der Waals surface area contributed by atoms with Crippen molar-refractivity contribution < 1.29 is 14.3 Å². The van der Waals surface area contributed by atoms with E-state index < -0.39 is 6.10 Å². The number of benzene rings is 1. The summed E-state index contributed by atoms with van der Waals surface area (Å²) in [5.41, 5.74) is 0.832. The number of furan rings is 1. The molecule has 3 atom stereocenters. The quantitative estimate of drug-likeness (QED) is 0.903. The van der Waals surface area contributed by atoms with E-state index in [2.05, 4.69) is 6.92 Å². The SMILES string of the molecule is CCC1OCCC1C(O)c1cc2ccccc2o1. The Labute approximate surface area is 106 Å². The average molecular weight is 246 g/mol. The Morgan fingerprint density at radius 2 is 2.22 bits per heavy atom. The van der Waals surface area contributed by atoms with Crippen LogP contribution in [0.5, 0.6) is 0 Å². The molecule has 2 aromatic rings. The van der Waals surface area contributed by atoms with Crippen molar-refractivity contribution in [2.45, 2.75) is 32.0 Å². The predicted octanol–water partition coefficient (Wildman–Crippen LogP) is 3.28. The molecule has 3 nitrogen and oxygen atoms in total. The van der Waals surface area contributed by atoms with Gasteiger partial charge in [-0.15, -0.1) is 0 Å². The first-order chi connectivity index (χ1) is 8.79. The van der Waals surface area contributed by atoms with Crippen molar-refractivity contribution in [1.82, 2.24) is 0 Å². The van der Waals surface area contributed by atoms with E-state index >= 15 is 0 Å². The molecule has 0 bridgehead atoms. The van der Waals surface area contributed by atoms with Crippen LogP contribution in [0.1, 0.15) is 31.6 Å². The van der Waals surface area contributed by atoms with Gasteiger partial charge in [0.1, 0.15) is 17.4 Å². The fraction of sp³-hybridized carbons (Fsp3) is 0.467. The van der Waals surface area contributed by atoms with Crippen LogP contribution >= 0.6 is 0 Å². The summed E-state index contributed by atoms with van der Waals surface area (Å²) in [5, 5.41) is 11.5. The number of ether oxygens (including phenoxy) is 1. The molecule has 1 saturated heterocycles. The van der Waals surface area contributed by atoms with E-state index in [1.54, 1.807) is 0 Å². The maximum atomic E-state index is 10.4. The Bertz CT molecular complexity index is 498. The first-order valence-corrected chi connectivity index (χ1v) is 6.57. The first-order valence-electron chi connectivity index (χ1n) is 6.57. The van der Waals surface area contributed by atoms with Crippen LogP contribution in [0.15, 0.2) is 34.7 Å². The van der Waals surface area contributed by atoms with Gasteiger partial charge in [-0.25, -0.2) is 0 Å². The third kappa shape index (κ3) is 1.93. The van der Waals surface area contributed by atoms with E-state index in [0.29, 0.717) is 5.76 Å². The second-order valence-electron chi connectivity index (χ2n) is 4.90. The summed E-state index contributed by atoms with van der Waals surface area (Å²) in [6.07, 6.45) is 1.41. The zero-order valence-electron chi connectivity index (χ0n) is 10.5. The van der Waals surface area contributed by atoms with Crippen LogP contribution in [0.3, 0.4) is 0 Å². The van der Waals surface area contributed by atoms with Crippen LogP contribution in [0.25, 0.3) is 11.0 Å². The van der Waals surface area contributed by atoms with Gasteiger partial charge in [-0.2, -0.15) is 0 Å². The van der Waals surface area contributed by atoms with Gasteiger partial charge < -0.3 is 14.3 Å². The number of fused-ring (bicyclic) bond motifs is 1. The van der Waals surface area contributed by atoms with Crippen LogP contribution in [0.4, 0.5) is 0 Å². The Kier molecular flexibility index (Phi) is 3.10. The Hall–Kier alpha value is -1.32. The fourth-order valence-electron chi connectivity index (χ4n) is 2.81. The highest BCUT2D eigenvalue weighted by Gasteiger charge is 2.35. The molecule has 3 unspecified atom stereocenters. The highest BCUT2D eigenvalue weighted by atomic mass is 16.5. The minimum Gasteiger partial charge on any atom is -0.458 e. The molecule has 1 aromatic carbocycles. The molecule has 1 N–H and O–H groups in total. The zero-order valence-corrected chi connectivity index (χ0v) is 10.5. The highest BCUT2D eigenvalue weighted by Crippen LogP contribution is 2.36. The fourth-order valence-corrected chi connectivity index (χ4v) is 2.81. The number of para-hydroxylation sites is 1. The van der Waals surface area contributed by atoms with E-state index in [1.807, 2.05) is 30.3 Å². The summed E-state index contributed by atoms with van der Waals surface area (Å²) in [6, 6.07) is 9.77. The van der Waals surface area contributed by atoms with Gasteiger partial charge in [-0.3, -0.25) is 0 Å². The van der Waals surface area contributed by atoms with Crippen molar-refractivity contribution in [3.8, 4) is 0 Å². The number of aliphatic hydroxyl groups excluding tert-OH is 1. The Morgan fingerprint density at radius 3 is 3.00 bits per heavy atom. The second-order valence-corrected chi connectivity index (χ2v) is 4.90. The molecule has 18 heavy (non-hydrogen) atoms. The molecule has 96 valence electrons. The molecular weight excluding hydrogens is 228 g/mol. The molecule has 1 fully saturated rings. The molecular formula is C15H18O3. The van der Waals surface area contributed by atoms with E-state index in [4.69, 9.17) is 9.15 Å². The number of rotatable bonds is 3. The summed E-state index contributed by atoms with van der Waals surface area (Å²) in [6.45, 7) is 2.83. The normalized spacial score (nSPS) is 25.7. The molecule has 1 aliphatic heterocycles. The summed E-state index contributed by atoms with van der Waals surface area (Å²) >= 11 is 0. The monoisotopic (exact) mass is 246 g/mol. The molecule has 0 radical (unpaired) electrons.